The summed E-state index contributed by atoms with van der Waals surface area (Å²) < 4.78 is 0. The second kappa shape index (κ2) is 7.78. The molecule has 1 aromatic rings. The van der Waals surface area contributed by atoms with E-state index in [2.05, 4.69) is 37.8 Å². The van der Waals surface area contributed by atoms with Gasteiger partial charge in [0, 0.05) is 11.1 Å². The van der Waals surface area contributed by atoms with Crippen molar-refractivity contribution in [2.75, 3.05) is 19.6 Å². The monoisotopic (exact) mass is 268 g/mol. The first-order valence-electron chi connectivity index (χ1n) is 6.79. The van der Waals surface area contributed by atoms with E-state index in [1.165, 1.54) is 5.56 Å². The molecule has 0 spiro atoms. The van der Waals surface area contributed by atoms with Gasteiger partial charge in [-0.2, -0.15) is 0 Å². The zero-order valence-electron chi connectivity index (χ0n) is 11.7. The van der Waals surface area contributed by atoms with Gasteiger partial charge in [0.1, 0.15) is 0 Å². The molecular formula is C15H25ClN2. The van der Waals surface area contributed by atoms with Crippen LogP contribution in [0.5, 0.6) is 0 Å². The zero-order valence-corrected chi connectivity index (χ0v) is 12.5. The Hall–Kier alpha value is -0.570. The van der Waals surface area contributed by atoms with Gasteiger partial charge in [0.2, 0.25) is 0 Å². The highest BCUT2D eigenvalue weighted by Gasteiger charge is 2.09. The first kappa shape index (κ1) is 15.5. The van der Waals surface area contributed by atoms with E-state index in [4.69, 9.17) is 17.3 Å². The van der Waals surface area contributed by atoms with Gasteiger partial charge in [-0.15, -0.1) is 0 Å². The standard InChI is InChI=1S/C15H25ClN2/c1-4-18(5-2)9-8-14(17)11-13-7-6-12(3)10-15(13)16/h6-7,10,14H,4-5,8-9,11,17H2,1-3H3. The van der Waals surface area contributed by atoms with Gasteiger partial charge >= 0.3 is 0 Å². The van der Waals surface area contributed by atoms with Crippen molar-refractivity contribution in [3.8, 4) is 0 Å². The number of hydrogen-bond acceptors (Lipinski definition) is 2. The summed E-state index contributed by atoms with van der Waals surface area (Å²) in [4.78, 5) is 2.40. The van der Waals surface area contributed by atoms with Gasteiger partial charge in [0.25, 0.3) is 0 Å². The van der Waals surface area contributed by atoms with E-state index >= 15 is 0 Å². The van der Waals surface area contributed by atoms with Crippen molar-refractivity contribution in [1.29, 1.82) is 0 Å². The molecule has 0 saturated heterocycles. The van der Waals surface area contributed by atoms with Crippen LogP contribution in [-0.2, 0) is 6.42 Å². The molecule has 0 amide bonds. The second-order valence-electron chi connectivity index (χ2n) is 4.87. The lowest BCUT2D eigenvalue weighted by Crippen LogP contribution is -2.31. The molecular weight excluding hydrogens is 244 g/mol. The number of benzene rings is 1. The molecule has 1 atom stereocenters. The largest absolute Gasteiger partial charge is 0.327 e. The number of nitrogens with two attached hydrogens (primary N) is 1. The molecule has 0 bridgehead atoms. The van der Waals surface area contributed by atoms with Crippen LogP contribution in [0.4, 0.5) is 0 Å². The van der Waals surface area contributed by atoms with Crippen LogP contribution in [-0.4, -0.2) is 30.6 Å². The van der Waals surface area contributed by atoms with Crippen LogP contribution >= 0.6 is 11.6 Å². The smallest absolute Gasteiger partial charge is 0.0441 e. The van der Waals surface area contributed by atoms with Gasteiger partial charge in [0.05, 0.1) is 0 Å². The number of rotatable bonds is 7. The minimum absolute atomic E-state index is 0.186. The summed E-state index contributed by atoms with van der Waals surface area (Å²) in [5, 5.41) is 0.841. The third kappa shape index (κ3) is 4.97. The molecule has 0 aliphatic rings. The Bertz CT molecular complexity index is 362. The van der Waals surface area contributed by atoms with Gasteiger partial charge in [-0.3, -0.25) is 0 Å². The predicted octanol–water partition coefficient (Wildman–Crippen LogP) is 3.25. The predicted molar refractivity (Wildman–Crippen MR) is 80.3 cm³/mol. The Labute approximate surface area is 116 Å². The van der Waals surface area contributed by atoms with E-state index in [1.807, 2.05) is 6.07 Å². The first-order chi connectivity index (χ1) is 8.56. The number of nitrogens with zero attached hydrogens (tertiary/aromatic N) is 1. The molecule has 0 radical (unpaired) electrons. The summed E-state index contributed by atoms with van der Waals surface area (Å²) in [6.45, 7) is 9.67. The van der Waals surface area contributed by atoms with E-state index in [-0.39, 0.29) is 6.04 Å². The molecule has 3 heteroatoms. The van der Waals surface area contributed by atoms with E-state index in [1.54, 1.807) is 0 Å². The maximum atomic E-state index is 6.22. The molecule has 1 rings (SSSR count). The molecule has 0 aromatic heterocycles. The molecule has 2 N–H and O–H groups in total. The van der Waals surface area contributed by atoms with Crippen LogP contribution in [0.1, 0.15) is 31.4 Å². The molecule has 0 saturated carbocycles. The zero-order chi connectivity index (χ0) is 13.5. The molecule has 2 nitrogen and oxygen atoms in total. The quantitative estimate of drug-likeness (QED) is 0.823. The topological polar surface area (TPSA) is 29.3 Å². The third-order valence-corrected chi connectivity index (χ3v) is 3.75. The van der Waals surface area contributed by atoms with Gasteiger partial charge in [0.15, 0.2) is 0 Å². The van der Waals surface area contributed by atoms with E-state index in [0.29, 0.717) is 0 Å². The summed E-state index contributed by atoms with van der Waals surface area (Å²) in [6, 6.07) is 6.38. The average Bonchev–Trinajstić information content (AvgIpc) is 2.34. The lowest BCUT2D eigenvalue weighted by Gasteiger charge is -2.20. The molecule has 1 aromatic carbocycles. The lowest BCUT2D eigenvalue weighted by molar-refractivity contribution is 0.290. The van der Waals surface area contributed by atoms with Crippen molar-refractivity contribution < 1.29 is 0 Å². The Morgan fingerprint density at radius 3 is 2.50 bits per heavy atom. The first-order valence-corrected chi connectivity index (χ1v) is 7.17. The van der Waals surface area contributed by atoms with Crippen molar-refractivity contribution in [1.82, 2.24) is 4.90 Å². The van der Waals surface area contributed by atoms with Crippen LogP contribution in [0.3, 0.4) is 0 Å². The number of aryl methyl sites for hydroxylation is 1. The molecule has 1 unspecified atom stereocenters. The normalized spacial score (nSPS) is 13.0. The van der Waals surface area contributed by atoms with Gasteiger partial charge in [-0.25, -0.2) is 0 Å². The highest BCUT2D eigenvalue weighted by Crippen LogP contribution is 2.19. The average molecular weight is 269 g/mol. The summed E-state index contributed by atoms with van der Waals surface area (Å²) in [5.74, 6) is 0. The van der Waals surface area contributed by atoms with Gasteiger partial charge in [-0.1, -0.05) is 37.6 Å². The fourth-order valence-corrected chi connectivity index (χ4v) is 2.40. The maximum Gasteiger partial charge on any atom is 0.0441 e. The van der Waals surface area contributed by atoms with Crippen molar-refractivity contribution >= 4 is 11.6 Å². The van der Waals surface area contributed by atoms with Crippen molar-refractivity contribution in [2.45, 2.75) is 39.7 Å². The number of halogens is 1. The summed E-state index contributed by atoms with van der Waals surface area (Å²) in [6.07, 6.45) is 1.88. The fourth-order valence-electron chi connectivity index (χ4n) is 2.09. The SMILES string of the molecule is CCN(CC)CCC(N)Cc1ccc(C)cc1Cl. The third-order valence-electron chi connectivity index (χ3n) is 3.40. The van der Waals surface area contributed by atoms with Gasteiger partial charge in [-0.05, 0) is 56.6 Å². The molecule has 102 valence electrons. The minimum atomic E-state index is 0.186. The minimum Gasteiger partial charge on any atom is -0.327 e. The van der Waals surface area contributed by atoms with Gasteiger partial charge < -0.3 is 10.6 Å². The maximum absolute atomic E-state index is 6.22. The van der Waals surface area contributed by atoms with E-state index in [9.17, 15) is 0 Å². The Morgan fingerprint density at radius 1 is 1.28 bits per heavy atom. The van der Waals surface area contributed by atoms with Crippen molar-refractivity contribution in [3.63, 3.8) is 0 Å². The fraction of sp³-hybridized carbons (Fsp3) is 0.600. The highest BCUT2D eigenvalue weighted by atomic mass is 35.5. The summed E-state index contributed by atoms with van der Waals surface area (Å²) >= 11 is 6.22. The van der Waals surface area contributed by atoms with Crippen LogP contribution in [0.2, 0.25) is 5.02 Å². The second-order valence-corrected chi connectivity index (χ2v) is 5.28. The lowest BCUT2D eigenvalue weighted by atomic mass is 10.0. The van der Waals surface area contributed by atoms with Crippen molar-refractivity contribution in [3.05, 3.63) is 34.3 Å². The van der Waals surface area contributed by atoms with Crippen LogP contribution in [0.15, 0.2) is 18.2 Å². The Balaban J connectivity index is 2.46. The molecule has 0 heterocycles. The molecule has 0 aliphatic carbocycles. The number of hydrogen-bond donors (Lipinski definition) is 1. The Morgan fingerprint density at radius 2 is 1.94 bits per heavy atom. The molecule has 0 fully saturated rings. The Kier molecular flexibility index (Phi) is 6.69. The summed E-state index contributed by atoms with van der Waals surface area (Å²) in [7, 11) is 0. The molecule has 18 heavy (non-hydrogen) atoms. The highest BCUT2D eigenvalue weighted by molar-refractivity contribution is 6.31. The summed E-state index contributed by atoms with van der Waals surface area (Å²) in [5.41, 5.74) is 8.54. The van der Waals surface area contributed by atoms with Crippen LogP contribution in [0, 0.1) is 6.92 Å². The van der Waals surface area contributed by atoms with Crippen molar-refractivity contribution in [2.24, 2.45) is 5.73 Å². The molecule has 0 aliphatic heterocycles. The van der Waals surface area contributed by atoms with E-state index < -0.39 is 0 Å². The van der Waals surface area contributed by atoms with E-state index in [0.717, 1.165) is 43.1 Å². The van der Waals surface area contributed by atoms with Crippen LogP contribution < -0.4 is 5.73 Å². The van der Waals surface area contributed by atoms with Crippen LogP contribution in [0.25, 0.3) is 0 Å².